The molecule has 0 bridgehead atoms. The van der Waals surface area contributed by atoms with Crippen LogP contribution in [0.2, 0.25) is 0 Å². The van der Waals surface area contributed by atoms with Gasteiger partial charge < -0.3 is 10.4 Å². The first-order valence-electron chi connectivity index (χ1n) is 6.10. The van der Waals surface area contributed by atoms with Gasteiger partial charge in [0.2, 0.25) is 0 Å². The highest BCUT2D eigenvalue weighted by atomic mass is 32.2. The molecular weight excluding hydrogens is 206 g/mol. The van der Waals surface area contributed by atoms with Crippen LogP contribution in [-0.2, 0) is 0 Å². The Balaban J connectivity index is 2.14. The fourth-order valence-electron chi connectivity index (χ4n) is 2.80. The Morgan fingerprint density at radius 3 is 2.73 bits per heavy atom. The standard InChI is InChI=1S/C12H23NOS/c1-11(2)6-8-15-9-12(11,14)10-5-3-4-7-13-10/h10,13-14H,3-9H2,1-2H3. The highest BCUT2D eigenvalue weighted by Gasteiger charge is 2.50. The monoisotopic (exact) mass is 229 g/mol. The molecule has 2 aliphatic rings. The fourth-order valence-corrected chi connectivity index (χ4v) is 4.50. The molecule has 2 saturated heterocycles. The molecule has 0 saturated carbocycles. The van der Waals surface area contributed by atoms with Crippen LogP contribution >= 0.6 is 11.8 Å². The van der Waals surface area contributed by atoms with Crippen LogP contribution in [0.25, 0.3) is 0 Å². The quantitative estimate of drug-likeness (QED) is 0.721. The van der Waals surface area contributed by atoms with Crippen LogP contribution in [0.4, 0.5) is 0 Å². The summed E-state index contributed by atoms with van der Waals surface area (Å²) in [4.78, 5) is 0. The molecule has 2 fully saturated rings. The number of rotatable bonds is 1. The van der Waals surface area contributed by atoms with Gasteiger partial charge in [0.1, 0.15) is 0 Å². The second kappa shape index (κ2) is 4.27. The summed E-state index contributed by atoms with van der Waals surface area (Å²) in [6.07, 6.45) is 4.80. The number of piperidine rings is 1. The van der Waals surface area contributed by atoms with Crippen molar-refractivity contribution < 1.29 is 5.11 Å². The van der Waals surface area contributed by atoms with Crippen molar-refractivity contribution >= 4 is 11.8 Å². The van der Waals surface area contributed by atoms with Gasteiger partial charge in [-0.2, -0.15) is 11.8 Å². The molecule has 2 unspecified atom stereocenters. The van der Waals surface area contributed by atoms with Crippen molar-refractivity contribution in [2.45, 2.75) is 51.2 Å². The van der Waals surface area contributed by atoms with E-state index in [4.69, 9.17) is 0 Å². The first kappa shape index (κ1) is 11.7. The van der Waals surface area contributed by atoms with Gasteiger partial charge in [-0.05, 0) is 37.0 Å². The maximum Gasteiger partial charge on any atom is 0.0940 e. The van der Waals surface area contributed by atoms with Crippen LogP contribution in [0.5, 0.6) is 0 Å². The molecule has 15 heavy (non-hydrogen) atoms. The molecule has 0 spiro atoms. The topological polar surface area (TPSA) is 32.3 Å². The predicted molar refractivity (Wildman–Crippen MR) is 66.3 cm³/mol. The Labute approximate surface area is 97.2 Å². The number of hydrogen-bond donors (Lipinski definition) is 2. The maximum absolute atomic E-state index is 10.9. The summed E-state index contributed by atoms with van der Waals surface area (Å²) >= 11 is 1.91. The minimum absolute atomic E-state index is 0.0628. The van der Waals surface area contributed by atoms with Crippen LogP contribution in [0.3, 0.4) is 0 Å². The third-order valence-electron chi connectivity index (χ3n) is 4.25. The molecule has 0 aliphatic carbocycles. The molecule has 3 heteroatoms. The largest absolute Gasteiger partial charge is 0.387 e. The highest BCUT2D eigenvalue weighted by molar-refractivity contribution is 7.99. The van der Waals surface area contributed by atoms with Crippen LogP contribution < -0.4 is 5.32 Å². The average molecular weight is 229 g/mol. The maximum atomic E-state index is 10.9. The zero-order valence-electron chi connectivity index (χ0n) is 9.88. The Kier molecular flexibility index (Phi) is 3.34. The molecule has 2 rings (SSSR count). The third-order valence-corrected chi connectivity index (χ3v) is 5.39. The summed E-state index contributed by atoms with van der Waals surface area (Å²) in [5, 5.41) is 14.5. The molecule has 2 heterocycles. The summed E-state index contributed by atoms with van der Waals surface area (Å²) in [7, 11) is 0. The average Bonchev–Trinajstić information content (AvgIpc) is 2.24. The number of hydrogen-bond acceptors (Lipinski definition) is 3. The fraction of sp³-hybridized carbons (Fsp3) is 1.00. The SMILES string of the molecule is CC1(C)CCSCC1(O)C1CCCCN1. The second-order valence-electron chi connectivity index (χ2n) is 5.61. The Morgan fingerprint density at radius 1 is 1.33 bits per heavy atom. The van der Waals surface area contributed by atoms with Crippen LogP contribution in [0, 0.1) is 5.41 Å². The van der Waals surface area contributed by atoms with E-state index >= 15 is 0 Å². The van der Waals surface area contributed by atoms with Crippen molar-refractivity contribution in [1.82, 2.24) is 5.32 Å². The van der Waals surface area contributed by atoms with Gasteiger partial charge >= 0.3 is 0 Å². The third kappa shape index (κ3) is 2.06. The van der Waals surface area contributed by atoms with E-state index in [1.807, 2.05) is 11.8 Å². The van der Waals surface area contributed by atoms with Gasteiger partial charge in [0, 0.05) is 11.8 Å². The van der Waals surface area contributed by atoms with Crippen LogP contribution in [0.15, 0.2) is 0 Å². The lowest BCUT2D eigenvalue weighted by Crippen LogP contribution is -2.63. The van der Waals surface area contributed by atoms with E-state index < -0.39 is 5.60 Å². The summed E-state index contributed by atoms with van der Waals surface area (Å²) < 4.78 is 0. The molecule has 0 aromatic heterocycles. The lowest BCUT2D eigenvalue weighted by atomic mass is 9.68. The van der Waals surface area contributed by atoms with E-state index in [0.29, 0.717) is 6.04 Å². The van der Waals surface area contributed by atoms with E-state index in [9.17, 15) is 5.11 Å². The van der Waals surface area contributed by atoms with Gasteiger partial charge in [0.25, 0.3) is 0 Å². The number of thioether (sulfide) groups is 1. The van der Waals surface area contributed by atoms with E-state index in [0.717, 1.165) is 25.1 Å². The minimum Gasteiger partial charge on any atom is -0.387 e. The first-order chi connectivity index (χ1) is 7.06. The van der Waals surface area contributed by atoms with Crippen molar-refractivity contribution in [1.29, 1.82) is 0 Å². The second-order valence-corrected chi connectivity index (χ2v) is 6.72. The molecular formula is C12H23NOS. The molecule has 0 aromatic carbocycles. The van der Waals surface area contributed by atoms with Crippen molar-refractivity contribution in [3.05, 3.63) is 0 Å². The van der Waals surface area contributed by atoms with Gasteiger partial charge in [-0.1, -0.05) is 20.3 Å². The van der Waals surface area contributed by atoms with Crippen molar-refractivity contribution in [2.24, 2.45) is 5.41 Å². The van der Waals surface area contributed by atoms with Crippen LogP contribution in [-0.4, -0.2) is 34.8 Å². The molecule has 2 N–H and O–H groups in total. The van der Waals surface area contributed by atoms with Gasteiger partial charge in [-0.3, -0.25) is 0 Å². The smallest absolute Gasteiger partial charge is 0.0940 e. The predicted octanol–water partition coefficient (Wildman–Crippen LogP) is 2.02. The van der Waals surface area contributed by atoms with Crippen molar-refractivity contribution in [3.63, 3.8) is 0 Å². The van der Waals surface area contributed by atoms with Crippen molar-refractivity contribution in [3.8, 4) is 0 Å². The molecule has 2 atom stereocenters. The molecule has 0 aromatic rings. The molecule has 0 amide bonds. The Morgan fingerprint density at radius 2 is 2.13 bits per heavy atom. The van der Waals surface area contributed by atoms with Gasteiger partial charge in [-0.15, -0.1) is 0 Å². The number of nitrogens with one attached hydrogen (secondary N) is 1. The van der Waals surface area contributed by atoms with E-state index in [-0.39, 0.29) is 5.41 Å². The zero-order valence-corrected chi connectivity index (χ0v) is 10.7. The highest BCUT2D eigenvalue weighted by Crippen LogP contribution is 2.45. The van der Waals surface area contributed by atoms with E-state index in [1.54, 1.807) is 0 Å². The number of aliphatic hydroxyl groups is 1. The molecule has 2 nitrogen and oxygen atoms in total. The normalized spacial score (nSPS) is 41.4. The molecule has 0 radical (unpaired) electrons. The van der Waals surface area contributed by atoms with E-state index in [1.165, 1.54) is 18.6 Å². The van der Waals surface area contributed by atoms with Gasteiger partial charge in [0.05, 0.1) is 5.60 Å². The lowest BCUT2D eigenvalue weighted by Gasteiger charge is -2.51. The summed E-state index contributed by atoms with van der Waals surface area (Å²) in [6, 6.07) is 0.314. The van der Waals surface area contributed by atoms with Crippen molar-refractivity contribution in [2.75, 3.05) is 18.1 Å². The summed E-state index contributed by atoms with van der Waals surface area (Å²) in [5.74, 6) is 2.10. The first-order valence-corrected chi connectivity index (χ1v) is 7.25. The summed E-state index contributed by atoms with van der Waals surface area (Å²) in [6.45, 7) is 5.53. The Bertz CT molecular complexity index is 226. The zero-order chi connectivity index (χ0) is 10.9. The minimum atomic E-state index is -0.504. The Hall–Kier alpha value is 0.270. The molecule has 88 valence electrons. The van der Waals surface area contributed by atoms with Crippen LogP contribution in [0.1, 0.15) is 39.5 Å². The van der Waals surface area contributed by atoms with Gasteiger partial charge in [-0.25, -0.2) is 0 Å². The molecule has 2 aliphatic heterocycles. The van der Waals surface area contributed by atoms with E-state index in [2.05, 4.69) is 19.2 Å². The lowest BCUT2D eigenvalue weighted by molar-refractivity contribution is -0.0857. The van der Waals surface area contributed by atoms with Gasteiger partial charge in [0.15, 0.2) is 0 Å². The summed E-state index contributed by atoms with van der Waals surface area (Å²) in [5.41, 5.74) is -0.441.